The Bertz CT molecular complexity index is 931. The molecule has 2 aromatic carbocycles. The first-order valence-electron chi connectivity index (χ1n) is 9.51. The predicted octanol–water partition coefficient (Wildman–Crippen LogP) is 3.80. The lowest BCUT2D eigenvalue weighted by atomic mass is 10.1. The molecule has 1 saturated carbocycles. The summed E-state index contributed by atoms with van der Waals surface area (Å²) in [7, 11) is 0. The molecule has 1 N–H and O–H groups in total. The molecule has 0 saturated heterocycles. The lowest BCUT2D eigenvalue weighted by Gasteiger charge is -2.18. The standard InChI is InChI=1S/C21H24N4O2/c1-15(21-24-22-14-25(21)18-8-4-5-9-18)23-20(26)13-27-19-11-10-16-6-2-3-7-17(16)12-19/h2-3,6-7,10-12,14-15,18H,4-5,8-9,13H2,1H3,(H,23,26)/t15-/m0/s1. The van der Waals surface area contributed by atoms with Crippen LogP contribution in [0.15, 0.2) is 48.8 Å². The molecule has 0 radical (unpaired) electrons. The molecule has 1 fully saturated rings. The summed E-state index contributed by atoms with van der Waals surface area (Å²) in [6.45, 7) is 1.91. The maximum Gasteiger partial charge on any atom is 0.258 e. The van der Waals surface area contributed by atoms with Crippen LogP contribution in [0.4, 0.5) is 0 Å². The van der Waals surface area contributed by atoms with E-state index in [1.807, 2.05) is 49.4 Å². The van der Waals surface area contributed by atoms with E-state index in [1.165, 1.54) is 12.8 Å². The van der Waals surface area contributed by atoms with Crippen LogP contribution in [0.1, 0.15) is 50.5 Å². The number of benzene rings is 2. The largest absolute Gasteiger partial charge is 0.484 e. The first-order valence-corrected chi connectivity index (χ1v) is 9.51. The van der Waals surface area contributed by atoms with Crippen molar-refractivity contribution in [2.75, 3.05) is 6.61 Å². The summed E-state index contributed by atoms with van der Waals surface area (Å²) in [6.07, 6.45) is 6.55. The Kier molecular flexibility index (Phi) is 5.05. The number of carbonyl (C=O) groups excluding carboxylic acids is 1. The average molecular weight is 364 g/mol. The number of hydrogen-bond acceptors (Lipinski definition) is 4. The number of hydrogen-bond donors (Lipinski definition) is 1. The van der Waals surface area contributed by atoms with Crippen LogP contribution in [0, 0.1) is 0 Å². The minimum Gasteiger partial charge on any atom is -0.484 e. The van der Waals surface area contributed by atoms with Gasteiger partial charge in [0.15, 0.2) is 12.4 Å². The highest BCUT2D eigenvalue weighted by Gasteiger charge is 2.23. The fraction of sp³-hybridized carbons (Fsp3) is 0.381. The Hall–Kier alpha value is -2.89. The van der Waals surface area contributed by atoms with Crippen molar-refractivity contribution in [3.63, 3.8) is 0 Å². The van der Waals surface area contributed by atoms with E-state index in [2.05, 4.69) is 20.1 Å². The van der Waals surface area contributed by atoms with Crippen molar-refractivity contribution in [3.05, 3.63) is 54.6 Å². The van der Waals surface area contributed by atoms with E-state index in [4.69, 9.17) is 4.74 Å². The van der Waals surface area contributed by atoms with Gasteiger partial charge >= 0.3 is 0 Å². The van der Waals surface area contributed by atoms with Crippen LogP contribution in [0.2, 0.25) is 0 Å². The van der Waals surface area contributed by atoms with Gasteiger partial charge in [0.1, 0.15) is 12.1 Å². The van der Waals surface area contributed by atoms with Gasteiger partial charge in [0.2, 0.25) is 0 Å². The Balaban J connectivity index is 1.35. The fourth-order valence-electron chi connectivity index (χ4n) is 3.78. The van der Waals surface area contributed by atoms with Gasteiger partial charge in [0.25, 0.3) is 5.91 Å². The summed E-state index contributed by atoms with van der Waals surface area (Å²) < 4.78 is 7.78. The Morgan fingerprint density at radius 2 is 2.00 bits per heavy atom. The second-order valence-electron chi connectivity index (χ2n) is 7.12. The van der Waals surface area contributed by atoms with Crippen molar-refractivity contribution < 1.29 is 9.53 Å². The highest BCUT2D eigenvalue weighted by molar-refractivity contribution is 5.84. The molecule has 1 aromatic heterocycles. The van der Waals surface area contributed by atoms with Gasteiger partial charge in [-0.3, -0.25) is 4.79 Å². The molecule has 1 atom stereocenters. The molecule has 0 bridgehead atoms. The van der Waals surface area contributed by atoms with Crippen LogP contribution in [-0.2, 0) is 4.79 Å². The molecule has 4 rings (SSSR count). The van der Waals surface area contributed by atoms with Crippen LogP contribution in [0.3, 0.4) is 0 Å². The van der Waals surface area contributed by atoms with Crippen molar-refractivity contribution in [3.8, 4) is 5.75 Å². The zero-order valence-electron chi connectivity index (χ0n) is 15.5. The van der Waals surface area contributed by atoms with Gasteiger partial charge in [-0.1, -0.05) is 43.2 Å². The maximum absolute atomic E-state index is 12.3. The van der Waals surface area contributed by atoms with Crippen molar-refractivity contribution >= 4 is 16.7 Å². The number of nitrogens with zero attached hydrogens (tertiary/aromatic N) is 3. The van der Waals surface area contributed by atoms with Gasteiger partial charge in [-0.2, -0.15) is 0 Å². The molecule has 1 amide bonds. The summed E-state index contributed by atoms with van der Waals surface area (Å²) in [5, 5.41) is 13.5. The minimum atomic E-state index is -0.208. The van der Waals surface area contributed by atoms with Crippen molar-refractivity contribution in [2.45, 2.75) is 44.7 Å². The number of carbonyl (C=O) groups is 1. The third-order valence-electron chi connectivity index (χ3n) is 5.17. The molecule has 6 heteroatoms. The van der Waals surface area contributed by atoms with Crippen LogP contribution < -0.4 is 10.1 Å². The highest BCUT2D eigenvalue weighted by Crippen LogP contribution is 2.31. The molecular weight excluding hydrogens is 340 g/mol. The van der Waals surface area contributed by atoms with Gasteiger partial charge in [-0.05, 0) is 42.7 Å². The second-order valence-corrected chi connectivity index (χ2v) is 7.12. The molecule has 0 spiro atoms. The number of ether oxygens (including phenoxy) is 1. The summed E-state index contributed by atoms with van der Waals surface area (Å²) in [5.41, 5.74) is 0. The van der Waals surface area contributed by atoms with E-state index in [-0.39, 0.29) is 18.6 Å². The number of fused-ring (bicyclic) bond motifs is 1. The van der Waals surface area contributed by atoms with Gasteiger partial charge in [0.05, 0.1) is 6.04 Å². The number of amides is 1. The molecule has 0 unspecified atom stereocenters. The maximum atomic E-state index is 12.3. The van der Waals surface area contributed by atoms with Gasteiger partial charge in [-0.25, -0.2) is 0 Å². The van der Waals surface area contributed by atoms with Crippen LogP contribution >= 0.6 is 0 Å². The molecule has 1 aliphatic rings. The normalized spacial score (nSPS) is 15.7. The number of aromatic nitrogens is 3. The Labute approximate surface area is 158 Å². The summed E-state index contributed by atoms with van der Waals surface area (Å²) in [6, 6.07) is 14.1. The highest BCUT2D eigenvalue weighted by atomic mass is 16.5. The van der Waals surface area contributed by atoms with Crippen molar-refractivity contribution in [2.24, 2.45) is 0 Å². The zero-order valence-corrected chi connectivity index (χ0v) is 15.5. The van der Waals surface area contributed by atoms with Crippen molar-refractivity contribution in [1.82, 2.24) is 20.1 Å². The quantitative estimate of drug-likeness (QED) is 0.722. The minimum absolute atomic E-state index is 0.0275. The molecule has 140 valence electrons. The molecule has 0 aliphatic heterocycles. The predicted molar refractivity (Wildman–Crippen MR) is 104 cm³/mol. The van der Waals surface area contributed by atoms with E-state index < -0.39 is 0 Å². The Morgan fingerprint density at radius 3 is 2.81 bits per heavy atom. The van der Waals surface area contributed by atoms with Crippen molar-refractivity contribution in [1.29, 1.82) is 0 Å². The first kappa shape index (κ1) is 17.5. The molecule has 1 heterocycles. The summed E-state index contributed by atoms with van der Waals surface area (Å²) in [5.74, 6) is 1.32. The van der Waals surface area contributed by atoms with E-state index in [1.54, 1.807) is 6.33 Å². The smallest absolute Gasteiger partial charge is 0.258 e. The van der Waals surface area contributed by atoms with Crippen LogP contribution in [-0.4, -0.2) is 27.3 Å². The summed E-state index contributed by atoms with van der Waals surface area (Å²) in [4.78, 5) is 12.3. The fourth-order valence-corrected chi connectivity index (χ4v) is 3.78. The van der Waals surface area contributed by atoms with Gasteiger partial charge in [-0.15, -0.1) is 10.2 Å². The first-order chi connectivity index (χ1) is 13.2. The lowest BCUT2D eigenvalue weighted by molar-refractivity contribution is -0.123. The molecule has 1 aliphatic carbocycles. The SMILES string of the molecule is C[C@H](NC(=O)COc1ccc2ccccc2c1)c1nncn1C1CCCC1. The molecule has 3 aromatic rings. The second kappa shape index (κ2) is 7.78. The van der Waals surface area contributed by atoms with E-state index in [0.29, 0.717) is 11.8 Å². The third kappa shape index (κ3) is 3.94. The summed E-state index contributed by atoms with van der Waals surface area (Å²) >= 11 is 0. The van der Waals surface area contributed by atoms with E-state index in [0.717, 1.165) is 29.4 Å². The zero-order chi connectivity index (χ0) is 18.6. The van der Waals surface area contributed by atoms with E-state index >= 15 is 0 Å². The molecule has 27 heavy (non-hydrogen) atoms. The Morgan fingerprint density at radius 1 is 1.22 bits per heavy atom. The number of nitrogens with one attached hydrogen (secondary N) is 1. The van der Waals surface area contributed by atoms with Gasteiger partial charge < -0.3 is 14.6 Å². The monoisotopic (exact) mass is 364 g/mol. The van der Waals surface area contributed by atoms with Gasteiger partial charge in [0, 0.05) is 6.04 Å². The molecular formula is C21H24N4O2. The molecule has 6 nitrogen and oxygen atoms in total. The topological polar surface area (TPSA) is 69.0 Å². The van der Waals surface area contributed by atoms with E-state index in [9.17, 15) is 4.79 Å². The average Bonchev–Trinajstić information content (AvgIpc) is 3.37. The number of rotatable bonds is 6. The van der Waals surface area contributed by atoms with Crippen LogP contribution in [0.25, 0.3) is 10.8 Å². The van der Waals surface area contributed by atoms with Crippen LogP contribution in [0.5, 0.6) is 5.75 Å². The third-order valence-corrected chi connectivity index (χ3v) is 5.17. The lowest BCUT2D eigenvalue weighted by Crippen LogP contribution is -2.33.